The highest BCUT2D eigenvalue weighted by Gasteiger charge is 2.29. The van der Waals surface area contributed by atoms with E-state index >= 15 is 0 Å². The Bertz CT molecular complexity index is 901. The molecule has 1 saturated heterocycles. The van der Waals surface area contributed by atoms with Crippen LogP contribution in [0, 0.1) is 0 Å². The number of aliphatic hydroxyl groups excluding tert-OH is 1. The maximum atomic E-state index is 12.6. The lowest BCUT2D eigenvalue weighted by Crippen LogP contribution is -2.50. The molecule has 4 rings (SSSR count). The minimum atomic E-state index is -0.697. The summed E-state index contributed by atoms with van der Waals surface area (Å²) in [4.78, 5) is 14.3. The zero-order valence-corrected chi connectivity index (χ0v) is 18.4. The first kappa shape index (κ1) is 22.0. The molecule has 2 heterocycles. The molecule has 0 aliphatic carbocycles. The summed E-state index contributed by atoms with van der Waals surface area (Å²) in [5.41, 5.74) is 0.426. The van der Waals surface area contributed by atoms with Gasteiger partial charge in [-0.3, -0.25) is 0 Å². The number of hydrogen-bond donors (Lipinski definition) is 3. The molecule has 2 aromatic carbocycles. The molecule has 2 atom stereocenters. The SMILES string of the molecule is O=C(Nc1c(Cl)cccc1Cl)N1CCC(NCC(O)C2COc3ccccc3O2)CC1. The number of halogens is 2. The third kappa shape index (κ3) is 5.36. The van der Waals surface area contributed by atoms with Gasteiger partial charge in [0.25, 0.3) is 0 Å². The van der Waals surface area contributed by atoms with Gasteiger partial charge in [0.1, 0.15) is 12.7 Å². The number of anilines is 1. The normalized spacial score (nSPS) is 19.7. The second kappa shape index (κ2) is 9.96. The standard InChI is InChI=1S/C22H25Cl2N3O4/c23-15-4-3-5-16(24)21(15)26-22(29)27-10-8-14(9-11-27)25-12-17(28)20-13-30-18-6-1-2-7-19(18)31-20/h1-7,14,17,20,25,28H,8-13H2,(H,26,29). The predicted octanol–water partition coefficient (Wildman–Crippen LogP) is 3.78. The minimum absolute atomic E-state index is 0.208. The number of likely N-dealkylation sites (tertiary alicyclic amines) is 1. The highest BCUT2D eigenvalue weighted by Crippen LogP contribution is 2.32. The number of benzene rings is 2. The third-order valence-corrected chi connectivity index (χ3v) is 6.18. The number of piperidine rings is 1. The monoisotopic (exact) mass is 465 g/mol. The van der Waals surface area contributed by atoms with Gasteiger partial charge >= 0.3 is 6.03 Å². The molecule has 0 bridgehead atoms. The van der Waals surface area contributed by atoms with E-state index in [2.05, 4.69) is 10.6 Å². The Hall–Kier alpha value is -2.19. The van der Waals surface area contributed by atoms with Gasteiger partial charge in [0.15, 0.2) is 17.6 Å². The molecule has 0 radical (unpaired) electrons. The van der Waals surface area contributed by atoms with E-state index in [1.807, 2.05) is 24.3 Å². The Morgan fingerprint density at radius 2 is 1.77 bits per heavy atom. The number of nitrogens with one attached hydrogen (secondary N) is 2. The van der Waals surface area contributed by atoms with Crippen molar-refractivity contribution in [3.8, 4) is 11.5 Å². The third-order valence-electron chi connectivity index (χ3n) is 5.55. The number of hydrogen-bond acceptors (Lipinski definition) is 5. The van der Waals surface area contributed by atoms with E-state index in [4.69, 9.17) is 32.7 Å². The molecule has 2 aliphatic heterocycles. The van der Waals surface area contributed by atoms with Gasteiger partial charge in [-0.25, -0.2) is 4.79 Å². The van der Waals surface area contributed by atoms with Crippen molar-refractivity contribution in [2.24, 2.45) is 0 Å². The Morgan fingerprint density at radius 1 is 1.10 bits per heavy atom. The topological polar surface area (TPSA) is 83.1 Å². The van der Waals surface area contributed by atoms with Crippen LogP contribution in [0.2, 0.25) is 10.0 Å². The summed E-state index contributed by atoms with van der Waals surface area (Å²) in [5.74, 6) is 1.35. The van der Waals surface area contributed by atoms with Crippen LogP contribution in [-0.4, -0.2) is 60.5 Å². The van der Waals surface area contributed by atoms with Gasteiger partial charge in [0, 0.05) is 25.7 Å². The van der Waals surface area contributed by atoms with E-state index in [-0.39, 0.29) is 12.1 Å². The second-order valence-corrected chi connectivity index (χ2v) is 8.49. The van der Waals surface area contributed by atoms with Crippen molar-refractivity contribution < 1.29 is 19.4 Å². The molecule has 1 fully saturated rings. The molecule has 2 unspecified atom stereocenters. The number of para-hydroxylation sites is 3. The lowest BCUT2D eigenvalue weighted by Gasteiger charge is -2.34. The molecule has 0 aromatic heterocycles. The van der Waals surface area contributed by atoms with Gasteiger partial charge in [0.2, 0.25) is 0 Å². The van der Waals surface area contributed by atoms with Gasteiger partial charge in [-0.1, -0.05) is 41.4 Å². The van der Waals surface area contributed by atoms with Crippen molar-refractivity contribution in [1.82, 2.24) is 10.2 Å². The van der Waals surface area contributed by atoms with Crippen molar-refractivity contribution in [2.75, 3.05) is 31.6 Å². The Kier molecular flexibility index (Phi) is 7.07. The fourth-order valence-electron chi connectivity index (χ4n) is 3.73. The number of fused-ring (bicyclic) bond motifs is 1. The quantitative estimate of drug-likeness (QED) is 0.625. The number of urea groups is 1. The number of nitrogens with zero attached hydrogens (tertiary/aromatic N) is 1. The largest absolute Gasteiger partial charge is 0.486 e. The van der Waals surface area contributed by atoms with Crippen molar-refractivity contribution >= 4 is 34.9 Å². The van der Waals surface area contributed by atoms with E-state index in [0.717, 1.165) is 12.8 Å². The molecule has 3 N–H and O–H groups in total. The maximum absolute atomic E-state index is 12.6. The van der Waals surface area contributed by atoms with Crippen molar-refractivity contribution in [3.05, 3.63) is 52.5 Å². The number of carbonyl (C=O) groups excluding carboxylic acids is 1. The van der Waals surface area contributed by atoms with E-state index in [0.29, 0.717) is 53.5 Å². The summed E-state index contributed by atoms with van der Waals surface area (Å²) in [5, 5.41) is 17.5. The predicted molar refractivity (Wildman–Crippen MR) is 120 cm³/mol. The first-order valence-corrected chi connectivity index (χ1v) is 11.1. The number of carbonyl (C=O) groups is 1. The molecule has 31 heavy (non-hydrogen) atoms. The zero-order chi connectivity index (χ0) is 21.8. The molecule has 0 saturated carbocycles. The number of rotatable bonds is 5. The molecule has 166 valence electrons. The first-order valence-electron chi connectivity index (χ1n) is 10.3. The molecule has 2 aliphatic rings. The second-order valence-electron chi connectivity index (χ2n) is 7.68. The van der Waals surface area contributed by atoms with Crippen LogP contribution in [0.25, 0.3) is 0 Å². The Labute approximate surface area is 191 Å². The average Bonchev–Trinajstić information content (AvgIpc) is 2.80. The van der Waals surface area contributed by atoms with E-state index in [9.17, 15) is 9.90 Å². The Balaban J connectivity index is 1.21. The number of amides is 2. The maximum Gasteiger partial charge on any atom is 0.321 e. The van der Waals surface area contributed by atoms with Gasteiger partial charge in [-0.2, -0.15) is 0 Å². The number of aliphatic hydroxyl groups is 1. The molecule has 7 nitrogen and oxygen atoms in total. The smallest absolute Gasteiger partial charge is 0.321 e. The van der Waals surface area contributed by atoms with Crippen LogP contribution in [0.3, 0.4) is 0 Å². The van der Waals surface area contributed by atoms with Crippen molar-refractivity contribution in [3.63, 3.8) is 0 Å². The summed E-state index contributed by atoms with van der Waals surface area (Å²) in [6.07, 6.45) is 0.438. The van der Waals surface area contributed by atoms with Gasteiger partial charge in [0.05, 0.1) is 15.7 Å². The highest BCUT2D eigenvalue weighted by atomic mass is 35.5. The lowest BCUT2D eigenvalue weighted by atomic mass is 10.0. The van der Waals surface area contributed by atoms with Crippen molar-refractivity contribution in [2.45, 2.75) is 31.1 Å². The van der Waals surface area contributed by atoms with Crippen LogP contribution in [0.15, 0.2) is 42.5 Å². The van der Waals surface area contributed by atoms with E-state index in [1.54, 1.807) is 23.1 Å². The molecule has 2 aromatic rings. The molecular formula is C22H25Cl2N3O4. The van der Waals surface area contributed by atoms with Gasteiger partial charge in [-0.15, -0.1) is 0 Å². The highest BCUT2D eigenvalue weighted by molar-refractivity contribution is 6.39. The van der Waals surface area contributed by atoms with Crippen LogP contribution in [0.5, 0.6) is 11.5 Å². The molecular weight excluding hydrogens is 441 g/mol. The van der Waals surface area contributed by atoms with Crippen LogP contribution >= 0.6 is 23.2 Å². The molecule has 9 heteroatoms. The van der Waals surface area contributed by atoms with Gasteiger partial charge in [-0.05, 0) is 37.1 Å². The number of ether oxygens (including phenoxy) is 2. The van der Waals surface area contributed by atoms with E-state index < -0.39 is 12.2 Å². The van der Waals surface area contributed by atoms with Crippen LogP contribution < -0.4 is 20.1 Å². The van der Waals surface area contributed by atoms with Crippen LogP contribution in [0.1, 0.15) is 12.8 Å². The summed E-state index contributed by atoms with van der Waals surface area (Å²) < 4.78 is 11.5. The minimum Gasteiger partial charge on any atom is -0.486 e. The Morgan fingerprint density at radius 3 is 2.48 bits per heavy atom. The molecule has 2 amide bonds. The first-order chi connectivity index (χ1) is 15.0. The molecule has 0 spiro atoms. The van der Waals surface area contributed by atoms with Crippen molar-refractivity contribution in [1.29, 1.82) is 0 Å². The summed E-state index contributed by atoms with van der Waals surface area (Å²) in [7, 11) is 0. The lowest BCUT2D eigenvalue weighted by molar-refractivity contribution is -0.0108. The summed E-state index contributed by atoms with van der Waals surface area (Å²) >= 11 is 12.3. The zero-order valence-electron chi connectivity index (χ0n) is 16.9. The summed E-state index contributed by atoms with van der Waals surface area (Å²) in [6, 6.07) is 12.5. The van der Waals surface area contributed by atoms with Crippen LogP contribution in [-0.2, 0) is 0 Å². The average molecular weight is 466 g/mol. The van der Waals surface area contributed by atoms with E-state index in [1.165, 1.54) is 0 Å². The fourth-order valence-corrected chi connectivity index (χ4v) is 4.23. The fraction of sp³-hybridized carbons (Fsp3) is 0.409. The summed E-state index contributed by atoms with van der Waals surface area (Å²) in [6.45, 7) is 1.89. The van der Waals surface area contributed by atoms with Gasteiger partial charge < -0.3 is 30.1 Å². The van der Waals surface area contributed by atoms with Crippen LogP contribution in [0.4, 0.5) is 10.5 Å².